The van der Waals surface area contributed by atoms with Gasteiger partial charge in [-0.25, -0.2) is 0 Å². The molecule has 2 atom stereocenters. The van der Waals surface area contributed by atoms with E-state index in [0.29, 0.717) is 38.5 Å². The third-order valence-electron chi connectivity index (χ3n) is 5.61. The molecule has 6 heteroatoms. The van der Waals surface area contributed by atoms with Gasteiger partial charge in [-0.15, -0.1) is 0 Å². The summed E-state index contributed by atoms with van der Waals surface area (Å²) in [4.78, 5) is 39.7. The second-order valence-electron chi connectivity index (χ2n) is 7.20. The van der Waals surface area contributed by atoms with Gasteiger partial charge in [0.25, 0.3) is 0 Å². The minimum absolute atomic E-state index is 0.0254. The fourth-order valence-corrected chi connectivity index (χ4v) is 4.28. The van der Waals surface area contributed by atoms with Crippen molar-refractivity contribution in [2.75, 3.05) is 19.6 Å². The van der Waals surface area contributed by atoms with E-state index in [1.165, 1.54) is 19.3 Å². The molecule has 6 nitrogen and oxygen atoms in total. The standard InChI is InChI=1S/C17H26N2O4/c20-15-9-13(11-19(15)14-6-2-1-3-7-14)16(21)18-8-4-5-12(10-18)17(22)23/h12-14H,1-11H2,(H,22,23)/t12-,13-/m0/s1. The van der Waals surface area contributed by atoms with Crippen molar-refractivity contribution in [1.82, 2.24) is 9.80 Å². The molecule has 1 aliphatic carbocycles. The molecule has 128 valence electrons. The molecule has 0 aromatic heterocycles. The molecule has 0 aromatic rings. The van der Waals surface area contributed by atoms with Crippen LogP contribution in [0.1, 0.15) is 51.4 Å². The van der Waals surface area contributed by atoms with E-state index in [-0.39, 0.29) is 17.7 Å². The number of carbonyl (C=O) groups is 3. The first kappa shape index (κ1) is 16.3. The average molecular weight is 322 g/mol. The molecule has 3 fully saturated rings. The van der Waals surface area contributed by atoms with Crippen LogP contribution in [0.2, 0.25) is 0 Å². The van der Waals surface area contributed by atoms with Gasteiger partial charge in [0.15, 0.2) is 0 Å². The summed E-state index contributed by atoms with van der Waals surface area (Å²) < 4.78 is 0. The summed E-state index contributed by atoms with van der Waals surface area (Å²) in [5.41, 5.74) is 0. The lowest BCUT2D eigenvalue weighted by Gasteiger charge is -2.33. The van der Waals surface area contributed by atoms with E-state index in [1.807, 2.05) is 4.90 Å². The topological polar surface area (TPSA) is 77.9 Å². The van der Waals surface area contributed by atoms with Gasteiger partial charge in [0.1, 0.15) is 0 Å². The van der Waals surface area contributed by atoms with Crippen molar-refractivity contribution < 1.29 is 19.5 Å². The molecular formula is C17H26N2O4. The van der Waals surface area contributed by atoms with Gasteiger partial charge in [0.05, 0.1) is 11.8 Å². The Morgan fingerprint density at radius 3 is 2.39 bits per heavy atom. The van der Waals surface area contributed by atoms with Gasteiger partial charge < -0.3 is 14.9 Å². The number of hydrogen-bond acceptors (Lipinski definition) is 3. The van der Waals surface area contributed by atoms with E-state index >= 15 is 0 Å². The normalized spacial score (nSPS) is 29.8. The van der Waals surface area contributed by atoms with E-state index in [9.17, 15) is 14.4 Å². The zero-order valence-corrected chi connectivity index (χ0v) is 13.6. The Kier molecular flexibility index (Phi) is 4.87. The van der Waals surface area contributed by atoms with E-state index in [1.54, 1.807) is 4.90 Å². The number of carboxylic acid groups (broad SMARTS) is 1. The molecular weight excluding hydrogens is 296 g/mol. The quantitative estimate of drug-likeness (QED) is 0.854. The van der Waals surface area contributed by atoms with Crippen molar-refractivity contribution in [3.05, 3.63) is 0 Å². The lowest BCUT2D eigenvalue weighted by atomic mass is 9.94. The predicted molar refractivity (Wildman–Crippen MR) is 83.6 cm³/mol. The SMILES string of the molecule is O=C(O)[C@H]1CCCN(C(=O)[C@H]2CC(=O)N(C3CCCCC3)C2)C1. The van der Waals surface area contributed by atoms with Gasteiger partial charge in [-0.1, -0.05) is 19.3 Å². The number of carbonyl (C=O) groups excluding carboxylic acids is 2. The maximum absolute atomic E-state index is 12.7. The molecule has 0 radical (unpaired) electrons. The van der Waals surface area contributed by atoms with Gasteiger partial charge in [-0.05, 0) is 25.7 Å². The van der Waals surface area contributed by atoms with Crippen molar-refractivity contribution >= 4 is 17.8 Å². The van der Waals surface area contributed by atoms with Gasteiger partial charge >= 0.3 is 5.97 Å². The van der Waals surface area contributed by atoms with Gasteiger partial charge in [-0.2, -0.15) is 0 Å². The van der Waals surface area contributed by atoms with Crippen molar-refractivity contribution in [2.45, 2.75) is 57.4 Å². The van der Waals surface area contributed by atoms with Crippen LogP contribution < -0.4 is 0 Å². The van der Waals surface area contributed by atoms with Gasteiger partial charge in [0.2, 0.25) is 11.8 Å². The fourth-order valence-electron chi connectivity index (χ4n) is 4.28. The summed E-state index contributed by atoms with van der Waals surface area (Å²) in [6.07, 6.45) is 7.34. The third kappa shape index (κ3) is 3.51. The second-order valence-corrected chi connectivity index (χ2v) is 7.20. The van der Waals surface area contributed by atoms with Crippen LogP contribution in [0.5, 0.6) is 0 Å². The number of piperidine rings is 1. The number of rotatable bonds is 3. The van der Waals surface area contributed by atoms with Crippen molar-refractivity contribution in [2.24, 2.45) is 11.8 Å². The van der Waals surface area contributed by atoms with Crippen LogP contribution in [-0.2, 0) is 14.4 Å². The molecule has 0 bridgehead atoms. The fraction of sp³-hybridized carbons (Fsp3) is 0.824. The van der Waals surface area contributed by atoms with Crippen molar-refractivity contribution in [1.29, 1.82) is 0 Å². The molecule has 2 aliphatic heterocycles. The Bertz CT molecular complexity index is 487. The summed E-state index contributed by atoms with van der Waals surface area (Å²) >= 11 is 0. The largest absolute Gasteiger partial charge is 0.481 e. The Morgan fingerprint density at radius 1 is 0.957 bits per heavy atom. The first-order valence-electron chi connectivity index (χ1n) is 8.87. The Labute approximate surface area is 136 Å². The lowest BCUT2D eigenvalue weighted by molar-refractivity contribution is -0.146. The number of carboxylic acids is 1. The highest BCUT2D eigenvalue weighted by molar-refractivity contribution is 5.89. The first-order valence-corrected chi connectivity index (χ1v) is 8.87. The van der Waals surface area contributed by atoms with Crippen LogP contribution in [0, 0.1) is 11.8 Å². The van der Waals surface area contributed by atoms with Crippen molar-refractivity contribution in [3.63, 3.8) is 0 Å². The summed E-state index contributed by atoms with van der Waals surface area (Å²) in [5, 5.41) is 9.16. The van der Waals surface area contributed by atoms with Crippen LogP contribution in [0.4, 0.5) is 0 Å². The molecule has 1 N–H and O–H groups in total. The Morgan fingerprint density at radius 2 is 1.70 bits per heavy atom. The maximum atomic E-state index is 12.7. The average Bonchev–Trinajstić information content (AvgIpc) is 2.97. The highest BCUT2D eigenvalue weighted by Crippen LogP contribution is 2.30. The highest BCUT2D eigenvalue weighted by Gasteiger charge is 2.40. The smallest absolute Gasteiger partial charge is 0.308 e. The molecule has 23 heavy (non-hydrogen) atoms. The van der Waals surface area contributed by atoms with Crippen LogP contribution in [0.25, 0.3) is 0 Å². The minimum atomic E-state index is -0.825. The Balaban J connectivity index is 1.60. The van der Waals surface area contributed by atoms with Crippen LogP contribution >= 0.6 is 0 Å². The summed E-state index contributed by atoms with van der Waals surface area (Å²) in [7, 11) is 0. The third-order valence-corrected chi connectivity index (χ3v) is 5.61. The van der Waals surface area contributed by atoms with E-state index in [0.717, 1.165) is 19.3 Å². The summed E-state index contributed by atoms with van der Waals surface area (Å²) in [6.45, 7) is 1.44. The monoisotopic (exact) mass is 322 g/mol. The number of aliphatic carboxylic acids is 1. The zero-order chi connectivity index (χ0) is 16.4. The van der Waals surface area contributed by atoms with Crippen LogP contribution in [0.15, 0.2) is 0 Å². The number of likely N-dealkylation sites (tertiary alicyclic amines) is 2. The highest BCUT2D eigenvalue weighted by atomic mass is 16.4. The lowest BCUT2D eigenvalue weighted by Crippen LogP contribution is -2.45. The number of hydrogen-bond donors (Lipinski definition) is 1. The summed E-state index contributed by atoms with van der Waals surface area (Å²) in [6, 6.07) is 0.308. The van der Waals surface area contributed by atoms with Gasteiger partial charge in [0, 0.05) is 32.1 Å². The number of nitrogens with zero attached hydrogens (tertiary/aromatic N) is 2. The van der Waals surface area contributed by atoms with Gasteiger partial charge in [-0.3, -0.25) is 14.4 Å². The number of amides is 2. The molecule has 3 aliphatic rings. The van der Waals surface area contributed by atoms with Crippen LogP contribution in [-0.4, -0.2) is 58.4 Å². The van der Waals surface area contributed by atoms with E-state index in [4.69, 9.17) is 5.11 Å². The molecule has 3 rings (SSSR count). The van der Waals surface area contributed by atoms with Crippen LogP contribution in [0.3, 0.4) is 0 Å². The van der Waals surface area contributed by atoms with Crippen molar-refractivity contribution in [3.8, 4) is 0 Å². The predicted octanol–water partition coefficient (Wildman–Crippen LogP) is 1.49. The Hall–Kier alpha value is -1.59. The van der Waals surface area contributed by atoms with E-state index < -0.39 is 11.9 Å². The molecule has 2 amide bonds. The minimum Gasteiger partial charge on any atom is -0.481 e. The second kappa shape index (κ2) is 6.89. The molecule has 2 saturated heterocycles. The summed E-state index contributed by atoms with van der Waals surface area (Å²) in [5.74, 6) is -1.49. The van der Waals surface area contributed by atoms with E-state index in [2.05, 4.69) is 0 Å². The zero-order valence-electron chi connectivity index (χ0n) is 13.6. The molecule has 0 unspecified atom stereocenters. The first-order chi connectivity index (χ1) is 11.1. The molecule has 2 heterocycles. The molecule has 1 saturated carbocycles. The maximum Gasteiger partial charge on any atom is 0.308 e. The molecule has 0 spiro atoms. The molecule has 0 aromatic carbocycles.